The van der Waals surface area contributed by atoms with E-state index in [-0.39, 0.29) is 23.5 Å². The maximum absolute atomic E-state index is 12.2. The van der Waals surface area contributed by atoms with E-state index < -0.39 is 5.97 Å². The van der Waals surface area contributed by atoms with Crippen molar-refractivity contribution in [1.29, 1.82) is 0 Å². The second-order valence-corrected chi connectivity index (χ2v) is 5.93. The molecular formula is C20H20O4. The van der Waals surface area contributed by atoms with Crippen molar-refractivity contribution in [3.63, 3.8) is 0 Å². The van der Waals surface area contributed by atoms with Crippen molar-refractivity contribution in [3.05, 3.63) is 70.8 Å². The molecule has 0 spiro atoms. The average Bonchev–Trinajstić information content (AvgIpc) is 2.54. The molecule has 0 aliphatic heterocycles. The number of benzene rings is 2. The van der Waals surface area contributed by atoms with Crippen LogP contribution in [0.1, 0.15) is 46.8 Å². The second-order valence-electron chi connectivity index (χ2n) is 5.93. The van der Waals surface area contributed by atoms with Crippen molar-refractivity contribution >= 4 is 17.8 Å². The quantitative estimate of drug-likeness (QED) is 0.621. The molecule has 24 heavy (non-hydrogen) atoms. The van der Waals surface area contributed by atoms with Crippen molar-refractivity contribution in [2.45, 2.75) is 26.2 Å². The smallest absolute Gasteiger partial charge is 0.307 e. The van der Waals surface area contributed by atoms with E-state index in [2.05, 4.69) is 13.8 Å². The van der Waals surface area contributed by atoms with Crippen LogP contribution in [0.5, 0.6) is 5.75 Å². The molecule has 0 bridgehead atoms. The highest BCUT2D eigenvalue weighted by molar-refractivity contribution is 6.07. The zero-order chi connectivity index (χ0) is 17.7. The molecule has 0 aliphatic rings. The molecule has 0 aromatic heterocycles. The minimum atomic E-state index is -1.06. The van der Waals surface area contributed by atoms with Crippen LogP contribution in [-0.4, -0.2) is 22.0 Å². The Morgan fingerprint density at radius 2 is 1.75 bits per heavy atom. The molecule has 0 atom stereocenters. The van der Waals surface area contributed by atoms with Crippen LogP contribution in [0.25, 0.3) is 6.08 Å². The number of hydrogen-bond donors (Lipinski definition) is 2. The standard InChI is InChI=1S/C20H20O4/c1-13(2)15-6-3-14(4-7-15)5-9-18(21)16-8-10-19(22)17(11-16)12-20(23)24/h3-11,13,22H,12H2,1-2H3,(H,23,24)/b9-5+. The number of carbonyl (C=O) groups is 2. The molecule has 0 radical (unpaired) electrons. The number of aliphatic carboxylic acids is 1. The number of carbonyl (C=O) groups excluding carboxylic acids is 1. The zero-order valence-corrected chi connectivity index (χ0v) is 13.7. The summed E-state index contributed by atoms with van der Waals surface area (Å²) in [6.45, 7) is 4.24. The van der Waals surface area contributed by atoms with Crippen LogP contribution in [0.3, 0.4) is 0 Å². The molecule has 2 rings (SSSR count). The highest BCUT2D eigenvalue weighted by atomic mass is 16.4. The van der Waals surface area contributed by atoms with E-state index in [1.165, 1.54) is 29.8 Å². The van der Waals surface area contributed by atoms with E-state index in [9.17, 15) is 14.7 Å². The second kappa shape index (κ2) is 7.59. The summed E-state index contributed by atoms with van der Waals surface area (Å²) in [5.74, 6) is -0.971. The molecule has 0 saturated carbocycles. The molecule has 2 aromatic carbocycles. The lowest BCUT2D eigenvalue weighted by Gasteiger charge is -2.05. The van der Waals surface area contributed by atoms with Crippen molar-refractivity contribution in [2.24, 2.45) is 0 Å². The highest BCUT2D eigenvalue weighted by Crippen LogP contribution is 2.20. The van der Waals surface area contributed by atoms with Crippen LogP contribution in [0.4, 0.5) is 0 Å². The number of carboxylic acid groups (broad SMARTS) is 1. The largest absolute Gasteiger partial charge is 0.508 e. The number of ketones is 1. The van der Waals surface area contributed by atoms with E-state index in [0.717, 1.165) is 5.56 Å². The van der Waals surface area contributed by atoms with Crippen molar-refractivity contribution in [1.82, 2.24) is 0 Å². The predicted molar refractivity (Wildman–Crippen MR) is 93.3 cm³/mol. The Morgan fingerprint density at radius 3 is 2.33 bits per heavy atom. The lowest BCUT2D eigenvalue weighted by Crippen LogP contribution is -2.02. The molecule has 0 saturated heterocycles. The summed E-state index contributed by atoms with van der Waals surface area (Å²) in [5.41, 5.74) is 2.72. The number of phenols is 1. The fourth-order valence-electron chi connectivity index (χ4n) is 2.30. The van der Waals surface area contributed by atoms with Crippen LogP contribution in [0.2, 0.25) is 0 Å². The molecule has 2 N–H and O–H groups in total. The Balaban J connectivity index is 2.15. The van der Waals surface area contributed by atoms with Crippen molar-refractivity contribution in [3.8, 4) is 5.75 Å². The lowest BCUT2D eigenvalue weighted by molar-refractivity contribution is -0.136. The fourth-order valence-corrected chi connectivity index (χ4v) is 2.30. The monoisotopic (exact) mass is 324 g/mol. The summed E-state index contributed by atoms with van der Waals surface area (Å²) in [4.78, 5) is 23.0. The third kappa shape index (κ3) is 4.56. The third-order valence-electron chi connectivity index (χ3n) is 3.74. The number of allylic oxidation sites excluding steroid dienone is 1. The first-order chi connectivity index (χ1) is 11.4. The molecule has 0 aliphatic carbocycles. The van der Waals surface area contributed by atoms with Crippen LogP contribution < -0.4 is 0 Å². The predicted octanol–water partition coefficient (Wildman–Crippen LogP) is 4.04. The van der Waals surface area contributed by atoms with Gasteiger partial charge in [0.15, 0.2) is 5.78 Å². The maximum atomic E-state index is 12.2. The van der Waals surface area contributed by atoms with Gasteiger partial charge in [-0.15, -0.1) is 0 Å². The van der Waals surface area contributed by atoms with E-state index in [0.29, 0.717) is 11.5 Å². The van der Waals surface area contributed by atoms with Crippen molar-refractivity contribution < 1.29 is 19.8 Å². The summed E-state index contributed by atoms with van der Waals surface area (Å²) >= 11 is 0. The van der Waals surface area contributed by atoms with Crippen LogP contribution in [0, 0.1) is 0 Å². The Labute approximate surface area is 141 Å². The first-order valence-electron chi connectivity index (χ1n) is 7.73. The molecule has 0 amide bonds. The molecule has 0 unspecified atom stereocenters. The van der Waals surface area contributed by atoms with Crippen LogP contribution in [-0.2, 0) is 11.2 Å². The summed E-state index contributed by atoms with van der Waals surface area (Å²) in [6.07, 6.45) is 2.84. The topological polar surface area (TPSA) is 74.6 Å². The minimum absolute atomic E-state index is 0.123. The number of hydrogen-bond acceptors (Lipinski definition) is 3. The van der Waals surface area contributed by atoms with Crippen LogP contribution in [0.15, 0.2) is 48.5 Å². The van der Waals surface area contributed by atoms with Gasteiger partial charge >= 0.3 is 5.97 Å². The minimum Gasteiger partial charge on any atom is -0.508 e. The van der Waals surface area contributed by atoms with Gasteiger partial charge in [-0.1, -0.05) is 44.2 Å². The van der Waals surface area contributed by atoms with Gasteiger partial charge in [0.2, 0.25) is 0 Å². The Morgan fingerprint density at radius 1 is 1.08 bits per heavy atom. The van der Waals surface area contributed by atoms with E-state index >= 15 is 0 Å². The number of rotatable bonds is 6. The molecule has 4 nitrogen and oxygen atoms in total. The van der Waals surface area contributed by atoms with E-state index in [1.54, 1.807) is 6.08 Å². The number of carboxylic acids is 1. The molecule has 0 heterocycles. The van der Waals surface area contributed by atoms with Gasteiger partial charge in [0.1, 0.15) is 5.75 Å². The fraction of sp³-hybridized carbons (Fsp3) is 0.200. The molecule has 0 fully saturated rings. The molecular weight excluding hydrogens is 304 g/mol. The molecule has 2 aromatic rings. The first-order valence-corrected chi connectivity index (χ1v) is 7.73. The van der Waals surface area contributed by atoms with Crippen molar-refractivity contribution in [2.75, 3.05) is 0 Å². The van der Waals surface area contributed by atoms with E-state index in [4.69, 9.17) is 5.11 Å². The Kier molecular flexibility index (Phi) is 5.53. The van der Waals surface area contributed by atoms with Gasteiger partial charge in [0, 0.05) is 11.1 Å². The van der Waals surface area contributed by atoms with Gasteiger partial charge in [0.25, 0.3) is 0 Å². The van der Waals surface area contributed by atoms with Gasteiger partial charge in [-0.2, -0.15) is 0 Å². The highest BCUT2D eigenvalue weighted by Gasteiger charge is 2.10. The van der Waals surface area contributed by atoms with Gasteiger partial charge in [-0.25, -0.2) is 0 Å². The van der Waals surface area contributed by atoms with Gasteiger partial charge in [-0.3, -0.25) is 9.59 Å². The summed E-state index contributed by atoms with van der Waals surface area (Å²) in [5, 5.41) is 18.5. The third-order valence-corrected chi connectivity index (χ3v) is 3.74. The summed E-state index contributed by atoms with van der Waals surface area (Å²) in [7, 11) is 0. The van der Waals surface area contributed by atoms with Crippen LogP contribution >= 0.6 is 0 Å². The Bertz CT molecular complexity index is 771. The number of aromatic hydroxyl groups is 1. The molecule has 124 valence electrons. The molecule has 4 heteroatoms. The summed E-state index contributed by atoms with van der Waals surface area (Å²) < 4.78 is 0. The first kappa shape index (κ1) is 17.5. The SMILES string of the molecule is CC(C)c1ccc(/C=C/C(=O)c2ccc(O)c(CC(=O)O)c2)cc1. The maximum Gasteiger partial charge on any atom is 0.307 e. The zero-order valence-electron chi connectivity index (χ0n) is 13.7. The Hall–Kier alpha value is -2.88. The average molecular weight is 324 g/mol. The normalized spacial score (nSPS) is 11.1. The van der Waals surface area contributed by atoms with Gasteiger partial charge in [0.05, 0.1) is 6.42 Å². The van der Waals surface area contributed by atoms with Gasteiger partial charge in [-0.05, 0) is 41.3 Å². The van der Waals surface area contributed by atoms with E-state index in [1.807, 2.05) is 24.3 Å². The van der Waals surface area contributed by atoms with Gasteiger partial charge < -0.3 is 10.2 Å². The summed E-state index contributed by atoms with van der Waals surface area (Å²) in [6, 6.07) is 12.2. The number of phenolic OH excluding ortho intramolecular Hbond substituents is 1. The lowest BCUT2D eigenvalue weighted by atomic mass is 10.0.